The van der Waals surface area contributed by atoms with Crippen LogP contribution in [0.5, 0.6) is 5.75 Å². The number of hydrogen-bond donors (Lipinski definition) is 2. The normalized spacial score (nSPS) is 17.4. The van der Waals surface area contributed by atoms with Gasteiger partial charge < -0.3 is 10.4 Å². The highest BCUT2D eigenvalue weighted by molar-refractivity contribution is 7.90. The van der Waals surface area contributed by atoms with Crippen LogP contribution in [0, 0.1) is 11.6 Å². The van der Waals surface area contributed by atoms with Crippen molar-refractivity contribution in [3.05, 3.63) is 23.3 Å². The number of phenols is 1. The van der Waals surface area contributed by atoms with E-state index in [-0.39, 0.29) is 12.1 Å². The number of nitrogens with zero attached hydrogens (tertiary/aromatic N) is 1. The molecule has 1 fully saturated rings. The minimum atomic E-state index is -4.07. The van der Waals surface area contributed by atoms with Gasteiger partial charge in [-0.05, 0) is 6.07 Å². The van der Waals surface area contributed by atoms with E-state index in [0.29, 0.717) is 19.3 Å². The van der Waals surface area contributed by atoms with Crippen molar-refractivity contribution in [1.29, 1.82) is 0 Å². The Morgan fingerprint density at radius 1 is 1.35 bits per heavy atom. The monoisotopic (exact) mass is 306 g/mol. The molecule has 0 aromatic heterocycles. The van der Waals surface area contributed by atoms with E-state index in [1.165, 1.54) is 0 Å². The van der Waals surface area contributed by atoms with Gasteiger partial charge in [-0.1, -0.05) is 0 Å². The van der Waals surface area contributed by atoms with Gasteiger partial charge in [0.15, 0.2) is 21.4 Å². The highest BCUT2D eigenvalue weighted by Gasteiger charge is 2.26. The van der Waals surface area contributed by atoms with Gasteiger partial charge in [-0.3, -0.25) is 4.90 Å². The number of aromatic hydroxyl groups is 1. The van der Waals surface area contributed by atoms with Crippen molar-refractivity contribution < 1.29 is 22.3 Å². The van der Waals surface area contributed by atoms with Crippen LogP contribution in [0.25, 0.3) is 0 Å². The Hall–Kier alpha value is -1.25. The van der Waals surface area contributed by atoms with Gasteiger partial charge in [-0.25, -0.2) is 17.2 Å². The zero-order valence-corrected chi connectivity index (χ0v) is 11.8. The largest absolute Gasteiger partial charge is 0.505 e. The molecule has 0 saturated carbocycles. The molecule has 0 atom stereocenters. The summed E-state index contributed by atoms with van der Waals surface area (Å²) in [4.78, 5) is 0.837. The number of sulfone groups is 1. The zero-order chi connectivity index (χ0) is 14.9. The molecule has 1 aliphatic rings. The standard InChI is InChI=1S/C12H16F2N2O3S/c1-20(18,19)12-9(13)6-8(11(17)10(12)14)7-16-4-2-15-3-5-16/h6,15,17H,2-5,7H2,1H3. The Morgan fingerprint density at radius 3 is 2.50 bits per heavy atom. The minimum absolute atomic E-state index is 0.0503. The molecule has 0 unspecified atom stereocenters. The molecule has 1 aliphatic heterocycles. The molecule has 1 aromatic rings. The summed E-state index contributed by atoms with van der Waals surface area (Å²) in [6.45, 7) is 3.07. The molecule has 1 saturated heterocycles. The van der Waals surface area contributed by atoms with Crippen LogP contribution in [0.1, 0.15) is 5.56 Å². The topological polar surface area (TPSA) is 69.6 Å². The third-order valence-electron chi connectivity index (χ3n) is 3.20. The lowest BCUT2D eigenvalue weighted by atomic mass is 10.1. The lowest BCUT2D eigenvalue weighted by molar-refractivity contribution is 0.229. The maximum absolute atomic E-state index is 13.9. The number of piperazine rings is 1. The number of halogens is 2. The molecule has 8 heteroatoms. The van der Waals surface area contributed by atoms with Gasteiger partial charge in [0.2, 0.25) is 0 Å². The maximum Gasteiger partial charge on any atom is 0.186 e. The van der Waals surface area contributed by atoms with E-state index < -0.39 is 32.1 Å². The first-order valence-electron chi connectivity index (χ1n) is 6.13. The van der Waals surface area contributed by atoms with Crippen molar-refractivity contribution in [3.63, 3.8) is 0 Å². The lowest BCUT2D eigenvalue weighted by Crippen LogP contribution is -2.42. The summed E-state index contributed by atoms with van der Waals surface area (Å²) in [5.41, 5.74) is 0.0503. The second-order valence-corrected chi connectivity index (χ2v) is 6.76. The van der Waals surface area contributed by atoms with Gasteiger partial charge in [-0.15, -0.1) is 0 Å². The average molecular weight is 306 g/mol. The molecule has 2 N–H and O–H groups in total. The van der Waals surface area contributed by atoms with E-state index in [2.05, 4.69) is 5.32 Å². The molecule has 1 aromatic carbocycles. The second-order valence-electron chi connectivity index (χ2n) is 4.81. The average Bonchev–Trinajstić information content (AvgIpc) is 2.35. The van der Waals surface area contributed by atoms with Crippen molar-refractivity contribution in [2.24, 2.45) is 0 Å². The van der Waals surface area contributed by atoms with Gasteiger partial charge in [0.25, 0.3) is 0 Å². The Balaban J connectivity index is 2.36. The van der Waals surface area contributed by atoms with Gasteiger partial charge in [-0.2, -0.15) is 0 Å². The third-order valence-corrected chi connectivity index (χ3v) is 4.32. The quantitative estimate of drug-likeness (QED) is 0.850. The minimum Gasteiger partial charge on any atom is -0.505 e. The van der Waals surface area contributed by atoms with E-state index in [9.17, 15) is 22.3 Å². The van der Waals surface area contributed by atoms with Crippen molar-refractivity contribution in [1.82, 2.24) is 10.2 Å². The Morgan fingerprint density at radius 2 is 1.95 bits per heavy atom. The molecule has 0 bridgehead atoms. The molecule has 20 heavy (non-hydrogen) atoms. The zero-order valence-electron chi connectivity index (χ0n) is 11.0. The van der Waals surface area contributed by atoms with Crippen LogP contribution in [-0.4, -0.2) is 50.9 Å². The van der Waals surface area contributed by atoms with Crippen molar-refractivity contribution in [2.45, 2.75) is 11.4 Å². The smallest absolute Gasteiger partial charge is 0.186 e. The highest BCUT2D eigenvalue weighted by Crippen LogP contribution is 2.30. The van der Waals surface area contributed by atoms with Gasteiger partial charge in [0.05, 0.1) is 0 Å². The molecule has 0 radical (unpaired) electrons. The predicted molar refractivity (Wildman–Crippen MR) is 69.3 cm³/mol. The van der Waals surface area contributed by atoms with Crippen LogP contribution < -0.4 is 5.32 Å². The summed E-state index contributed by atoms with van der Waals surface area (Å²) in [6.07, 6.45) is 0.698. The first-order chi connectivity index (χ1) is 9.30. The number of rotatable bonds is 3. The molecular weight excluding hydrogens is 290 g/mol. The molecule has 0 aliphatic carbocycles. The van der Waals surface area contributed by atoms with Crippen LogP contribution in [0.3, 0.4) is 0 Å². The second kappa shape index (κ2) is 5.63. The number of phenolic OH excluding ortho intramolecular Hbond substituents is 1. The molecule has 1 heterocycles. The van der Waals surface area contributed by atoms with E-state index in [4.69, 9.17) is 0 Å². The summed E-state index contributed by atoms with van der Waals surface area (Å²) in [5, 5.41) is 12.9. The fourth-order valence-electron chi connectivity index (χ4n) is 2.21. The van der Waals surface area contributed by atoms with Crippen LogP contribution in [0.4, 0.5) is 8.78 Å². The third kappa shape index (κ3) is 3.08. The van der Waals surface area contributed by atoms with Gasteiger partial charge >= 0.3 is 0 Å². The first kappa shape index (κ1) is 15.1. The molecule has 2 rings (SSSR count). The SMILES string of the molecule is CS(=O)(=O)c1c(F)cc(CN2CCNCC2)c(O)c1F. The van der Waals surface area contributed by atoms with E-state index in [0.717, 1.165) is 19.2 Å². The van der Waals surface area contributed by atoms with Crippen LogP contribution in [-0.2, 0) is 16.4 Å². The highest BCUT2D eigenvalue weighted by atomic mass is 32.2. The van der Waals surface area contributed by atoms with Gasteiger partial charge in [0.1, 0.15) is 10.7 Å². The summed E-state index contributed by atoms with van der Waals surface area (Å²) < 4.78 is 50.3. The summed E-state index contributed by atoms with van der Waals surface area (Å²) in [5.74, 6) is -3.39. The Kier molecular flexibility index (Phi) is 4.26. The van der Waals surface area contributed by atoms with Crippen molar-refractivity contribution in [3.8, 4) is 5.75 Å². The van der Waals surface area contributed by atoms with E-state index in [1.807, 2.05) is 4.90 Å². The number of hydrogen-bond acceptors (Lipinski definition) is 5. The molecule has 0 amide bonds. The number of nitrogens with one attached hydrogen (secondary N) is 1. The fraction of sp³-hybridized carbons (Fsp3) is 0.500. The predicted octanol–water partition coefficient (Wildman–Crippen LogP) is 0.479. The van der Waals surface area contributed by atoms with E-state index >= 15 is 0 Å². The van der Waals surface area contributed by atoms with Crippen molar-refractivity contribution >= 4 is 9.84 Å². The van der Waals surface area contributed by atoms with Gasteiger partial charge in [0, 0.05) is 44.5 Å². The van der Waals surface area contributed by atoms with E-state index in [1.54, 1.807) is 0 Å². The molecule has 5 nitrogen and oxygen atoms in total. The maximum atomic E-state index is 13.9. The van der Waals surface area contributed by atoms with Crippen LogP contribution >= 0.6 is 0 Å². The van der Waals surface area contributed by atoms with Crippen LogP contribution in [0.2, 0.25) is 0 Å². The fourth-order valence-corrected chi connectivity index (χ4v) is 3.05. The Labute approximate surface area is 116 Å². The van der Waals surface area contributed by atoms with Crippen LogP contribution in [0.15, 0.2) is 11.0 Å². The number of benzene rings is 1. The lowest BCUT2D eigenvalue weighted by Gasteiger charge is -2.27. The summed E-state index contributed by atoms with van der Waals surface area (Å²) in [7, 11) is -4.07. The summed E-state index contributed by atoms with van der Waals surface area (Å²) in [6, 6.07) is 0.886. The Bertz CT molecular complexity index is 614. The summed E-state index contributed by atoms with van der Waals surface area (Å²) >= 11 is 0. The molecular formula is C12H16F2N2O3S. The van der Waals surface area contributed by atoms with Crippen molar-refractivity contribution in [2.75, 3.05) is 32.4 Å². The molecule has 112 valence electrons. The first-order valence-corrected chi connectivity index (χ1v) is 8.03. The molecule has 0 spiro atoms.